The Labute approximate surface area is 50.5 Å². The molecule has 0 aliphatic heterocycles. The second kappa shape index (κ2) is 3.53. The highest BCUT2D eigenvalue weighted by Gasteiger charge is 1.95. The summed E-state index contributed by atoms with van der Waals surface area (Å²) < 4.78 is 0. The summed E-state index contributed by atoms with van der Waals surface area (Å²) in [5.41, 5.74) is 0. The number of nitrogens with one attached hydrogen (secondary N) is 2. The molecule has 0 saturated heterocycles. The summed E-state index contributed by atoms with van der Waals surface area (Å²) >= 11 is 0. The van der Waals surface area contributed by atoms with Crippen LogP contribution in [0.25, 0.3) is 0 Å². The Morgan fingerprint density at radius 3 is 1.67 bits per heavy atom. The van der Waals surface area contributed by atoms with Crippen molar-refractivity contribution >= 4 is 12.2 Å². The summed E-state index contributed by atoms with van der Waals surface area (Å²) in [7, 11) is 0. The molecule has 0 rings (SSSR count). The minimum Gasteiger partial charge on any atom is -0.465 e. The molecule has 51 valence electrons. The molecule has 0 aliphatic carbocycles. The molecule has 0 aromatic heterocycles. The average molecular weight is 133 g/mol. The standard InChI is InChI=1S/C3H5N2O4/c6-2(7)4-1-5-3(8)9/h1,4-5H,(H,6,7)(H,8,9). The van der Waals surface area contributed by atoms with Gasteiger partial charge in [-0.2, -0.15) is 0 Å². The third-order valence-electron chi connectivity index (χ3n) is 0.391. The van der Waals surface area contributed by atoms with E-state index in [-0.39, 0.29) is 0 Å². The molecular formula is C3H5N2O4. The van der Waals surface area contributed by atoms with Crippen LogP contribution in [0.5, 0.6) is 0 Å². The van der Waals surface area contributed by atoms with E-state index in [0.29, 0.717) is 6.67 Å². The van der Waals surface area contributed by atoms with Crippen LogP contribution in [0.3, 0.4) is 0 Å². The summed E-state index contributed by atoms with van der Waals surface area (Å²) in [6, 6.07) is 0. The summed E-state index contributed by atoms with van der Waals surface area (Å²) in [6.07, 6.45) is -2.63. The van der Waals surface area contributed by atoms with Crippen molar-refractivity contribution in [3.8, 4) is 0 Å². The number of rotatable bonds is 2. The normalized spacial score (nSPS) is 8.00. The summed E-state index contributed by atoms with van der Waals surface area (Å²) in [5.74, 6) is 0. The van der Waals surface area contributed by atoms with Gasteiger partial charge in [-0.05, 0) is 0 Å². The molecule has 0 aromatic carbocycles. The van der Waals surface area contributed by atoms with E-state index in [1.54, 1.807) is 10.6 Å². The smallest absolute Gasteiger partial charge is 0.406 e. The highest BCUT2D eigenvalue weighted by atomic mass is 16.4. The zero-order valence-electron chi connectivity index (χ0n) is 4.29. The lowest BCUT2D eigenvalue weighted by Gasteiger charge is -1.96. The largest absolute Gasteiger partial charge is 0.465 e. The highest BCUT2D eigenvalue weighted by molar-refractivity contribution is 5.68. The Bertz CT molecular complexity index is 109. The Morgan fingerprint density at radius 2 is 1.44 bits per heavy atom. The van der Waals surface area contributed by atoms with E-state index in [0.717, 1.165) is 0 Å². The highest BCUT2D eigenvalue weighted by Crippen LogP contribution is 1.64. The van der Waals surface area contributed by atoms with Crippen LogP contribution in [0.15, 0.2) is 0 Å². The van der Waals surface area contributed by atoms with Crippen molar-refractivity contribution in [2.75, 3.05) is 0 Å². The molecule has 0 saturated carbocycles. The topological polar surface area (TPSA) is 98.7 Å². The van der Waals surface area contributed by atoms with E-state index in [2.05, 4.69) is 0 Å². The lowest BCUT2D eigenvalue weighted by atomic mass is 10.9. The van der Waals surface area contributed by atoms with E-state index in [1.165, 1.54) is 0 Å². The van der Waals surface area contributed by atoms with Crippen molar-refractivity contribution in [1.29, 1.82) is 0 Å². The van der Waals surface area contributed by atoms with Gasteiger partial charge in [0.25, 0.3) is 0 Å². The molecule has 0 atom stereocenters. The van der Waals surface area contributed by atoms with Gasteiger partial charge in [0, 0.05) is 0 Å². The fourth-order valence-corrected chi connectivity index (χ4v) is 0.160. The van der Waals surface area contributed by atoms with Crippen molar-refractivity contribution in [1.82, 2.24) is 10.6 Å². The van der Waals surface area contributed by atoms with Crippen LogP contribution in [0, 0.1) is 6.67 Å². The summed E-state index contributed by atoms with van der Waals surface area (Å²) in [5, 5.41) is 19.1. The van der Waals surface area contributed by atoms with Crippen LogP contribution in [0.4, 0.5) is 9.59 Å². The third kappa shape index (κ3) is 6.54. The predicted octanol–water partition coefficient (Wildman–Crippen LogP) is -0.359. The molecule has 0 aliphatic rings. The zero-order valence-corrected chi connectivity index (χ0v) is 4.29. The van der Waals surface area contributed by atoms with Gasteiger partial charge in [0.15, 0.2) is 0 Å². The van der Waals surface area contributed by atoms with Gasteiger partial charge >= 0.3 is 12.2 Å². The van der Waals surface area contributed by atoms with Crippen LogP contribution in [0.1, 0.15) is 0 Å². The van der Waals surface area contributed by atoms with Crippen LogP contribution in [-0.2, 0) is 0 Å². The van der Waals surface area contributed by atoms with E-state index >= 15 is 0 Å². The van der Waals surface area contributed by atoms with Gasteiger partial charge in [0.1, 0.15) is 6.67 Å². The Hall–Kier alpha value is -1.46. The molecule has 0 fully saturated rings. The minimum atomic E-state index is -1.32. The van der Waals surface area contributed by atoms with Crippen molar-refractivity contribution in [3.63, 3.8) is 0 Å². The molecule has 6 nitrogen and oxygen atoms in total. The number of carbonyl (C=O) groups is 2. The first-order valence-electron chi connectivity index (χ1n) is 1.93. The molecule has 0 unspecified atom stereocenters. The number of hydrogen-bond acceptors (Lipinski definition) is 2. The molecular weight excluding hydrogens is 128 g/mol. The van der Waals surface area contributed by atoms with Crippen molar-refractivity contribution in [3.05, 3.63) is 6.67 Å². The first-order chi connectivity index (χ1) is 4.13. The van der Waals surface area contributed by atoms with Crippen LogP contribution in [0.2, 0.25) is 0 Å². The van der Waals surface area contributed by atoms with Crippen LogP contribution in [-0.4, -0.2) is 22.4 Å². The lowest BCUT2D eigenvalue weighted by Crippen LogP contribution is -2.30. The van der Waals surface area contributed by atoms with Gasteiger partial charge in [0.05, 0.1) is 0 Å². The second-order valence-electron chi connectivity index (χ2n) is 1.04. The fourth-order valence-electron chi connectivity index (χ4n) is 0.160. The third-order valence-corrected chi connectivity index (χ3v) is 0.391. The quantitative estimate of drug-likeness (QED) is 0.413. The van der Waals surface area contributed by atoms with Gasteiger partial charge in [-0.15, -0.1) is 0 Å². The first kappa shape index (κ1) is 7.54. The van der Waals surface area contributed by atoms with Gasteiger partial charge in [-0.25, -0.2) is 9.59 Å². The Morgan fingerprint density at radius 1 is 1.11 bits per heavy atom. The van der Waals surface area contributed by atoms with E-state index in [9.17, 15) is 9.59 Å². The van der Waals surface area contributed by atoms with E-state index in [4.69, 9.17) is 10.2 Å². The minimum absolute atomic E-state index is 0.699. The number of hydrogen-bond donors (Lipinski definition) is 4. The molecule has 0 spiro atoms. The van der Waals surface area contributed by atoms with Crippen molar-refractivity contribution in [2.24, 2.45) is 0 Å². The molecule has 6 heteroatoms. The maximum absolute atomic E-state index is 9.61. The van der Waals surface area contributed by atoms with Gasteiger partial charge < -0.3 is 10.2 Å². The SMILES string of the molecule is O=C(O)N[CH]NC(=O)O. The summed E-state index contributed by atoms with van der Waals surface area (Å²) in [4.78, 5) is 19.2. The number of carboxylic acid groups (broad SMARTS) is 2. The molecule has 0 heterocycles. The maximum Gasteiger partial charge on any atom is 0.406 e. The van der Waals surface area contributed by atoms with Crippen molar-refractivity contribution < 1.29 is 19.8 Å². The van der Waals surface area contributed by atoms with Crippen LogP contribution >= 0.6 is 0 Å². The fraction of sp³-hybridized carbons (Fsp3) is 0. The second-order valence-corrected chi connectivity index (χ2v) is 1.04. The Balaban J connectivity index is 3.10. The molecule has 0 aromatic rings. The monoisotopic (exact) mass is 133 g/mol. The molecule has 0 bridgehead atoms. The summed E-state index contributed by atoms with van der Waals surface area (Å²) in [6.45, 7) is 0.699. The van der Waals surface area contributed by atoms with Crippen LogP contribution < -0.4 is 10.6 Å². The van der Waals surface area contributed by atoms with Gasteiger partial charge in [-0.1, -0.05) is 0 Å². The van der Waals surface area contributed by atoms with Gasteiger partial charge in [-0.3, -0.25) is 10.6 Å². The Kier molecular flexibility index (Phi) is 2.96. The average Bonchev–Trinajstić information content (AvgIpc) is 1.63. The lowest BCUT2D eigenvalue weighted by molar-refractivity contribution is 0.191. The van der Waals surface area contributed by atoms with E-state index < -0.39 is 12.2 Å². The molecule has 1 radical (unpaired) electrons. The van der Waals surface area contributed by atoms with Gasteiger partial charge in [0.2, 0.25) is 0 Å². The van der Waals surface area contributed by atoms with E-state index in [1.807, 2.05) is 0 Å². The zero-order chi connectivity index (χ0) is 7.28. The first-order valence-corrected chi connectivity index (χ1v) is 1.93. The maximum atomic E-state index is 9.61. The predicted molar refractivity (Wildman–Crippen MR) is 26.6 cm³/mol. The van der Waals surface area contributed by atoms with Crippen molar-refractivity contribution in [2.45, 2.75) is 0 Å². The molecule has 2 amide bonds. The molecule has 9 heavy (non-hydrogen) atoms. The number of amides is 2. The molecule has 4 N–H and O–H groups in total.